The van der Waals surface area contributed by atoms with Gasteiger partial charge in [-0.15, -0.1) is 0 Å². The molecule has 0 atom stereocenters. The zero-order valence-corrected chi connectivity index (χ0v) is 10.3. The van der Waals surface area contributed by atoms with Crippen molar-refractivity contribution in [1.82, 2.24) is 15.1 Å². The van der Waals surface area contributed by atoms with E-state index in [0.717, 1.165) is 11.3 Å². The number of aromatic hydroxyl groups is 1. The number of amides is 1. The molecule has 0 spiro atoms. The minimum Gasteiger partial charge on any atom is -0.508 e. The molecule has 2 aromatic rings. The molecule has 5 heteroatoms. The number of phenolic OH excluding ortho intramolecular Hbond substituents is 1. The number of carbonyl (C=O) groups is 1. The molecule has 0 bridgehead atoms. The lowest BCUT2D eigenvalue weighted by Crippen LogP contribution is -2.24. The summed E-state index contributed by atoms with van der Waals surface area (Å²) in [4.78, 5) is 11.9. The van der Waals surface area contributed by atoms with Gasteiger partial charge in [-0.05, 0) is 30.7 Å². The van der Waals surface area contributed by atoms with E-state index in [1.165, 1.54) is 6.07 Å². The van der Waals surface area contributed by atoms with Crippen molar-refractivity contribution >= 4 is 5.91 Å². The van der Waals surface area contributed by atoms with E-state index in [1.807, 2.05) is 13.1 Å². The highest BCUT2D eigenvalue weighted by molar-refractivity contribution is 5.94. The van der Waals surface area contributed by atoms with Gasteiger partial charge in [-0.1, -0.05) is 6.07 Å². The number of benzene rings is 1. The van der Waals surface area contributed by atoms with Gasteiger partial charge in [0.15, 0.2) is 0 Å². The maximum Gasteiger partial charge on any atom is 0.251 e. The van der Waals surface area contributed by atoms with Crippen molar-refractivity contribution in [3.63, 3.8) is 0 Å². The molecule has 0 saturated carbocycles. The Morgan fingerprint density at radius 1 is 1.44 bits per heavy atom. The smallest absolute Gasteiger partial charge is 0.251 e. The summed E-state index contributed by atoms with van der Waals surface area (Å²) in [5, 5.41) is 16.3. The molecule has 0 saturated heterocycles. The Labute approximate surface area is 105 Å². The fraction of sp³-hybridized carbons (Fsp3) is 0.231. The van der Waals surface area contributed by atoms with Gasteiger partial charge < -0.3 is 10.4 Å². The van der Waals surface area contributed by atoms with E-state index in [0.29, 0.717) is 12.1 Å². The van der Waals surface area contributed by atoms with Gasteiger partial charge in [-0.3, -0.25) is 9.48 Å². The molecule has 1 aromatic carbocycles. The minimum atomic E-state index is -0.216. The van der Waals surface area contributed by atoms with E-state index < -0.39 is 0 Å². The van der Waals surface area contributed by atoms with Gasteiger partial charge in [0.2, 0.25) is 0 Å². The largest absolute Gasteiger partial charge is 0.508 e. The molecule has 1 amide bonds. The van der Waals surface area contributed by atoms with Crippen molar-refractivity contribution in [1.29, 1.82) is 0 Å². The van der Waals surface area contributed by atoms with Crippen LogP contribution in [0.15, 0.2) is 30.5 Å². The third-order valence-electron chi connectivity index (χ3n) is 2.82. The summed E-state index contributed by atoms with van der Waals surface area (Å²) in [5.41, 5.74) is 2.11. The van der Waals surface area contributed by atoms with Gasteiger partial charge in [0.25, 0.3) is 5.91 Å². The van der Waals surface area contributed by atoms with Crippen LogP contribution in [-0.2, 0) is 13.6 Å². The Bertz CT molecular complexity index is 575. The number of hydrogen-bond donors (Lipinski definition) is 2. The maximum atomic E-state index is 11.9. The van der Waals surface area contributed by atoms with Crippen LogP contribution in [0.25, 0.3) is 0 Å². The molecule has 0 unspecified atom stereocenters. The van der Waals surface area contributed by atoms with E-state index in [9.17, 15) is 9.90 Å². The van der Waals surface area contributed by atoms with Gasteiger partial charge in [0.1, 0.15) is 5.75 Å². The molecular weight excluding hydrogens is 230 g/mol. The lowest BCUT2D eigenvalue weighted by atomic mass is 10.1. The van der Waals surface area contributed by atoms with E-state index in [1.54, 1.807) is 29.9 Å². The zero-order chi connectivity index (χ0) is 13.1. The van der Waals surface area contributed by atoms with Crippen LogP contribution < -0.4 is 5.32 Å². The van der Waals surface area contributed by atoms with Crippen LogP contribution >= 0.6 is 0 Å². The van der Waals surface area contributed by atoms with Crippen LogP contribution in [0.2, 0.25) is 0 Å². The number of aromatic nitrogens is 2. The van der Waals surface area contributed by atoms with Gasteiger partial charge in [-0.25, -0.2) is 0 Å². The van der Waals surface area contributed by atoms with Gasteiger partial charge in [0.05, 0.1) is 12.2 Å². The summed E-state index contributed by atoms with van der Waals surface area (Å²) in [5.74, 6) is -0.0883. The summed E-state index contributed by atoms with van der Waals surface area (Å²) < 4.78 is 1.70. The van der Waals surface area contributed by atoms with Crippen molar-refractivity contribution in [2.24, 2.45) is 7.05 Å². The second-order valence-electron chi connectivity index (χ2n) is 4.13. The first-order valence-electron chi connectivity index (χ1n) is 5.62. The van der Waals surface area contributed by atoms with Crippen LogP contribution in [0.1, 0.15) is 21.6 Å². The molecule has 1 aromatic heterocycles. The number of carbonyl (C=O) groups excluding carboxylic acids is 1. The number of aryl methyl sites for hydroxylation is 2. The molecule has 0 aliphatic carbocycles. The van der Waals surface area contributed by atoms with E-state index >= 15 is 0 Å². The summed E-state index contributed by atoms with van der Waals surface area (Å²) in [6.45, 7) is 2.19. The first-order valence-corrected chi connectivity index (χ1v) is 5.62. The minimum absolute atomic E-state index is 0.128. The van der Waals surface area contributed by atoms with Crippen LogP contribution in [0.4, 0.5) is 0 Å². The number of nitrogens with one attached hydrogen (secondary N) is 1. The lowest BCUT2D eigenvalue weighted by molar-refractivity contribution is 0.0949. The Hall–Kier alpha value is -2.30. The molecule has 0 fully saturated rings. The third-order valence-corrected chi connectivity index (χ3v) is 2.82. The molecule has 0 aliphatic rings. The molecule has 2 N–H and O–H groups in total. The van der Waals surface area contributed by atoms with Crippen molar-refractivity contribution < 1.29 is 9.90 Å². The first kappa shape index (κ1) is 12.2. The second-order valence-corrected chi connectivity index (χ2v) is 4.13. The van der Waals surface area contributed by atoms with Crippen molar-refractivity contribution in [3.05, 3.63) is 47.3 Å². The zero-order valence-electron chi connectivity index (χ0n) is 10.3. The van der Waals surface area contributed by atoms with E-state index in [-0.39, 0.29) is 11.7 Å². The fourth-order valence-corrected chi connectivity index (χ4v) is 1.60. The highest BCUT2D eigenvalue weighted by Gasteiger charge is 2.08. The Morgan fingerprint density at radius 2 is 2.22 bits per heavy atom. The van der Waals surface area contributed by atoms with Crippen LogP contribution in [0.3, 0.4) is 0 Å². The first-order chi connectivity index (χ1) is 8.58. The van der Waals surface area contributed by atoms with Gasteiger partial charge in [-0.2, -0.15) is 5.10 Å². The van der Waals surface area contributed by atoms with E-state index in [4.69, 9.17) is 0 Å². The molecule has 0 aliphatic heterocycles. The summed E-state index contributed by atoms with van der Waals surface area (Å²) in [6.07, 6.45) is 1.68. The second kappa shape index (κ2) is 4.91. The molecule has 2 rings (SSSR count). The lowest BCUT2D eigenvalue weighted by Gasteiger charge is -2.07. The predicted octanol–water partition coefficient (Wildman–Crippen LogP) is 1.36. The monoisotopic (exact) mass is 245 g/mol. The van der Waals surface area contributed by atoms with Crippen molar-refractivity contribution in [2.75, 3.05) is 0 Å². The SMILES string of the molecule is Cc1ccc(C(=O)NCc2ccnn2C)cc1O. The van der Waals surface area contributed by atoms with Gasteiger partial charge in [0, 0.05) is 18.8 Å². The van der Waals surface area contributed by atoms with Crippen LogP contribution in [0.5, 0.6) is 5.75 Å². The summed E-state index contributed by atoms with van der Waals surface area (Å²) in [7, 11) is 1.82. The number of rotatable bonds is 3. The molecule has 0 radical (unpaired) electrons. The Kier molecular flexibility index (Phi) is 3.32. The third kappa shape index (κ3) is 2.51. The summed E-state index contributed by atoms with van der Waals surface area (Å²) >= 11 is 0. The van der Waals surface area contributed by atoms with Gasteiger partial charge >= 0.3 is 0 Å². The number of nitrogens with zero attached hydrogens (tertiary/aromatic N) is 2. The maximum absolute atomic E-state index is 11.9. The molecule has 1 heterocycles. The summed E-state index contributed by atoms with van der Waals surface area (Å²) in [6, 6.07) is 6.71. The standard InChI is InChI=1S/C13H15N3O2/c1-9-3-4-10(7-12(9)17)13(18)14-8-11-5-6-15-16(11)2/h3-7,17H,8H2,1-2H3,(H,14,18). The fourth-order valence-electron chi connectivity index (χ4n) is 1.60. The van der Waals surface area contributed by atoms with Crippen LogP contribution in [-0.4, -0.2) is 20.8 Å². The highest BCUT2D eigenvalue weighted by atomic mass is 16.3. The molecule has 94 valence electrons. The average molecular weight is 245 g/mol. The normalized spacial score (nSPS) is 10.3. The van der Waals surface area contributed by atoms with Crippen molar-refractivity contribution in [3.8, 4) is 5.75 Å². The highest BCUT2D eigenvalue weighted by Crippen LogP contribution is 2.17. The van der Waals surface area contributed by atoms with Crippen LogP contribution in [0, 0.1) is 6.92 Å². The van der Waals surface area contributed by atoms with E-state index in [2.05, 4.69) is 10.4 Å². The Balaban J connectivity index is 2.04. The molecular formula is C13H15N3O2. The predicted molar refractivity (Wildman–Crippen MR) is 67.2 cm³/mol. The average Bonchev–Trinajstić information content (AvgIpc) is 2.75. The van der Waals surface area contributed by atoms with Crippen molar-refractivity contribution in [2.45, 2.75) is 13.5 Å². The molecule has 5 nitrogen and oxygen atoms in total. The number of phenols is 1. The Morgan fingerprint density at radius 3 is 2.83 bits per heavy atom. The quantitative estimate of drug-likeness (QED) is 0.858. The number of hydrogen-bond acceptors (Lipinski definition) is 3. The topological polar surface area (TPSA) is 67.2 Å². The molecule has 18 heavy (non-hydrogen) atoms.